The molecule has 7 rings (SSSR count). The summed E-state index contributed by atoms with van der Waals surface area (Å²) in [6.07, 6.45) is 17.2. The number of halogens is 1. The smallest absolute Gasteiger partial charge is 0.264 e. The number of hydrogen-bond donors (Lipinski definition) is 6. The summed E-state index contributed by atoms with van der Waals surface area (Å²) in [6, 6.07) is 9.72. The fraction of sp³-hybridized carbons (Fsp3) is 0.551. The molecule has 1 aliphatic carbocycles. The Kier molecular flexibility index (Phi) is 17.2. The summed E-state index contributed by atoms with van der Waals surface area (Å²) in [7, 11) is 0. The Hall–Kier alpha value is -5.26. The van der Waals surface area contributed by atoms with E-state index in [1.165, 1.54) is 24.6 Å². The van der Waals surface area contributed by atoms with Crippen molar-refractivity contribution in [1.29, 1.82) is 0 Å². The van der Waals surface area contributed by atoms with E-state index in [0.29, 0.717) is 51.1 Å². The van der Waals surface area contributed by atoms with Gasteiger partial charge in [-0.25, -0.2) is 9.97 Å². The maximum atomic E-state index is 13.3. The number of fused-ring (bicyclic) bond motifs is 1. The molecule has 8 N–H and O–H groups in total. The van der Waals surface area contributed by atoms with E-state index >= 15 is 0 Å². The van der Waals surface area contributed by atoms with Gasteiger partial charge in [0.25, 0.3) is 11.8 Å². The third kappa shape index (κ3) is 12.3. The van der Waals surface area contributed by atoms with E-state index in [4.69, 9.17) is 23.1 Å². The van der Waals surface area contributed by atoms with Gasteiger partial charge >= 0.3 is 0 Å². The van der Waals surface area contributed by atoms with Gasteiger partial charge in [-0.3, -0.25) is 39.0 Å². The lowest BCUT2D eigenvalue weighted by molar-refractivity contribution is -0.136. The van der Waals surface area contributed by atoms with Crippen molar-refractivity contribution in [3.8, 4) is 0 Å². The highest BCUT2D eigenvalue weighted by molar-refractivity contribution is 7.99. The number of unbranched alkanes of at least 4 members (excludes halogenated alkanes) is 9. The van der Waals surface area contributed by atoms with Crippen molar-refractivity contribution < 1.29 is 28.8 Å². The average Bonchev–Trinajstić information content (AvgIpc) is 3.73. The van der Waals surface area contributed by atoms with Gasteiger partial charge in [0.2, 0.25) is 23.6 Å². The Balaban J connectivity index is 0.702. The zero-order chi connectivity index (χ0) is 47.5. The van der Waals surface area contributed by atoms with E-state index < -0.39 is 29.7 Å². The van der Waals surface area contributed by atoms with Crippen LogP contribution in [0.4, 0.5) is 23.0 Å². The molecule has 6 amide bonds. The molecule has 1 saturated carbocycles. The number of amides is 6. The predicted octanol–water partition coefficient (Wildman–Crippen LogP) is 7.46. The molecule has 1 unspecified atom stereocenters. The average molecular weight is 958 g/mol. The van der Waals surface area contributed by atoms with Gasteiger partial charge in [0, 0.05) is 62.1 Å². The Bertz CT molecular complexity index is 2310. The molecule has 0 radical (unpaired) electrons. The van der Waals surface area contributed by atoms with Gasteiger partial charge in [-0.1, -0.05) is 93.8 Å². The van der Waals surface area contributed by atoms with Crippen LogP contribution in [0.1, 0.15) is 143 Å². The van der Waals surface area contributed by atoms with Crippen LogP contribution in [-0.2, 0) is 19.2 Å². The molecule has 360 valence electrons. The first-order valence-corrected chi connectivity index (χ1v) is 25.3. The van der Waals surface area contributed by atoms with E-state index in [0.717, 1.165) is 101 Å². The topological polar surface area (TPSA) is 235 Å². The zero-order valence-electron chi connectivity index (χ0n) is 38.5. The predicted molar refractivity (Wildman–Crippen MR) is 261 cm³/mol. The number of nitrogens with one attached hydrogen (secondary N) is 4. The highest BCUT2D eigenvalue weighted by Gasteiger charge is 2.47. The number of anilines is 4. The lowest BCUT2D eigenvalue weighted by Crippen LogP contribution is -2.54. The van der Waals surface area contributed by atoms with Crippen LogP contribution in [0.15, 0.2) is 52.5 Å². The maximum Gasteiger partial charge on any atom is 0.264 e. The molecule has 3 atom stereocenters. The fourth-order valence-corrected chi connectivity index (χ4v) is 11.0. The summed E-state index contributed by atoms with van der Waals surface area (Å²) in [5.41, 5.74) is 14.8. The molecule has 67 heavy (non-hydrogen) atoms. The van der Waals surface area contributed by atoms with Gasteiger partial charge < -0.3 is 32.3 Å². The van der Waals surface area contributed by atoms with Crippen LogP contribution in [0.3, 0.4) is 0 Å². The Morgan fingerprint density at radius 1 is 0.851 bits per heavy atom. The second-order valence-corrected chi connectivity index (χ2v) is 20.0. The lowest BCUT2D eigenvalue weighted by atomic mass is 9.73. The third-order valence-corrected chi connectivity index (χ3v) is 15.6. The number of carbonyl (C=O) groups is 6. The van der Waals surface area contributed by atoms with Gasteiger partial charge in [-0.05, 0) is 80.5 Å². The molecule has 4 heterocycles. The van der Waals surface area contributed by atoms with Crippen LogP contribution in [0.5, 0.6) is 0 Å². The summed E-state index contributed by atoms with van der Waals surface area (Å²) >= 11 is 8.02. The standard InChI is InChI=1S/C49H65ClN10O6S/c1-31-22-23-49(43(31)51)24-28-59(29-25-49)37-30-55-46(44(52)57-37)67-36-17-13-16-34(42(36)50)56-39(62)21-20-38(61)54-27-11-9-7-5-3-2-4-6-8-10-26-53-33-15-12-14-32-41(33)48(66)60(47(32)65)35-18-19-40(63)58-45(35)64/h12-17,30-31,35,43,53H,2-11,18-29,51H2,1H3,(H2,52,57)(H,54,61)(H,56,62)(H,58,63,64)/t31-,35?,43-/m1/s1. The Morgan fingerprint density at radius 2 is 1.51 bits per heavy atom. The normalized spacial score (nSPS) is 20.0. The minimum atomic E-state index is -0.984. The fourth-order valence-electron chi connectivity index (χ4n) is 9.94. The summed E-state index contributed by atoms with van der Waals surface area (Å²) < 4.78 is 0. The van der Waals surface area contributed by atoms with Crippen LogP contribution in [-0.4, -0.2) is 88.6 Å². The molecule has 4 aliphatic rings. The summed E-state index contributed by atoms with van der Waals surface area (Å²) in [5.74, 6) is -0.857. The van der Waals surface area contributed by atoms with Crippen molar-refractivity contribution >= 4 is 81.8 Å². The van der Waals surface area contributed by atoms with Crippen molar-refractivity contribution in [2.24, 2.45) is 17.1 Å². The molecular formula is C49H65ClN10O6S. The largest absolute Gasteiger partial charge is 0.384 e. The van der Waals surface area contributed by atoms with E-state index in [1.807, 2.05) is 6.07 Å². The first-order valence-electron chi connectivity index (χ1n) is 24.1. The highest BCUT2D eigenvalue weighted by Crippen LogP contribution is 2.48. The minimum Gasteiger partial charge on any atom is -0.384 e. The summed E-state index contributed by atoms with van der Waals surface area (Å²) in [5, 5.41) is 12.2. The van der Waals surface area contributed by atoms with Crippen LogP contribution in [0.2, 0.25) is 5.02 Å². The van der Waals surface area contributed by atoms with Crippen LogP contribution < -0.4 is 37.6 Å². The van der Waals surface area contributed by atoms with Crippen LogP contribution in [0, 0.1) is 11.3 Å². The summed E-state index contributed by atoms with van der Waals surface area (Å²) in [4.78, 5) is 88.8. The molecule has 0 bridgehead atoms. The number of nitrogen functional groups attached to an aromatic ring is 1. The van der Waals surface area contributed by atoms with Crippen molar-refractivity contribution in [2.45, 2.75) is 145 Å². The second-order valence-electron chi connectivity index (χ2n) is 18.6. The number of benzene rings is 2. The van der Waals surface area contributed by atoms with Crippen molar-refractivity contribution in [2.75, 3.05) is 47.4 Å². The SMILES string of the molecule is C[C@@H]1CCC2(CCN(c3cnc(Sc4cccc(NC(=O)CCC(=O)NCCCCCCCCCCCCNc5cccc6c5C(=O)N(C5CCC(=O)NC5=O)C6=O)c4Cl)c(N)n3)CC2)[C@@H]1N. The van der Waals surface area contributed by atoms with Crippen molar-refractivity contribution in [1.82, 2.24) is 25.5 Å². The first-order chi connectivity index (χ1) is 32.3. The van der Waals surface area contributed by atoms with Gasteiger partial charge in [0.1, 0.15) is 16.9 Å². The van der Waals surface area contributed by atoms with Gasteiger partial charge in [-0.15, -0.1) is 0 Å². The summed E-state index contributed by atoms with van der Waals surface area (Å²) in [6.45, 7) is 5.25. The molecule has 2 aromatic carbocycles. The molecule has 16 nitrogen and oxygen atoms in total. The Labute approximate surface area is 402 Å². The molecule has 2 saturated heterocycles. The van der Waals surface area contributed by atoms with Crippen LogP contribution >= 0.6 is 23.4 Å². The zero-order valence-corrected chi connectivity index (χ0v) is 40.1. The van der Waals surface area contributed by atoms with E-state index in [-0.39, 0.29) is 60.1 Å². The molecule has 1 spiro atoms. The number of nitrogens with zero attached hydrogens (tertiary/aromatic N) is 4. The maximum absolute atomic E-state index is 13.3. The first kappa shape index (κ1) is 49.6. The van der Waals surface area contributed by atoms with Crippen molar-refractivity contribution in [3.63, 3.8) is 0 Å². The van der Waals surface area contributed by atoms with Crippen LogP contribution in [0.25, 0.3) is 0 Å². The van der Waals surface area contributed by atoms with E-state index in [2.05, 4.69) is 43.1 Å². The molecule has 3 aliphatic heterocycles. The monoisotopic (exact) mass is 956 g/mol. The van der Waals surface area contributed by atoms with E-state index in [1.54, 1.807) is 36.5 Å². The number of nitrogens with two attached hydrogens (primary N) is 2. The quantitative estimate of drug-likeness (QED) is 0.0425. The number of piperidine rings is 2. The number of rotatable bonds is 22. The van der Waals surface area contributed by atoms with Gasteiger partial charge in [0.05, 0.1) is 28.0 Å². The molecule has 18 heteroatoms. The molecule has 3 fully saturated rings. The van der Waals surface area contributed by atoms with E-state index in [9.17, 15) is 28.8 Å². The van der Waals surface area contributed by atoms with Crippen molar-refractivity contribution in [3.05, 3.63) is 58.7 Å². The number of aromatic nitrogens is 2. The highest BCUT2D eigenvalue weighted by atomic mass is 35.5. The number of hydrogen-bond acceptors (Lipinski definition) is 13. The lowest BCUT2D eigenvalue weighted by Gasteiger charge is -2.43. The van der Waals surface area contributed by atoms with Gasteiger partial charge in [0.15, 0.2) is 5.82 Å². The molecule has 1 aromatic heterocycles. The molecule has 3 aromatic rings. The Morgan fingerprint density at radius 3 is 2.18 bits per heavy atom. The minimum absolute atomic E-state index is 0.0313. The number of carbonyl (C=O) groups excluding carboxylic acids is 6. The third-order valence-electron chi connectivity index (χ3n) is 14.0. The second kappa shape index (κ2) is 23.2. The molecular weight excluding hydrogens is 892 g/mol. The number of imide groups is 2. The van der Waals surface area contributed by atoms with Gasteiger partial charge in [-0.2, -0.15) is 0 Å².